The van der Waals surface area contributed by atoms with Crippen LogP contribution in [-0.2, 0) is 0 Å². The second-order valence-electron chi connectivity index (χ2n) is 5.41. The number of hydrogen-bond donors (Lipinski definition) is 0. The van der Waals surface area contributed by atoms with Gasteiger partial charge in [-0.2, -0.15) is 0 Å². The fourth-order valence-corrected chi connectivity index (χ4v) is 3.77. The van der Waals surface area contributed by atoms with E-state index < -0.39 is 0 Å². The van der Waals surface area contributed by atoms with Crippen LogP contribution in [0.3, 0.4) is 0 Å². The van der Waals surface area contributed by atoms with Crippen LogP contribution in [0, 0.1) is 11.8 Å². The molecule has 3 saturated heterocycles. The third kappa shape index (κ3) is 1.52. The van der Waals surface area contributed by atoms with Crippen molar-refractivity contribution < 1.29 is 0 Å². The molecule has 0 amide bonds. The number of nitrogens with zero attached hydrogens (tertiary/aromatic N) is 1. The maximum atomic E-state index is 2.80. The van der Waals surface area contributed by atoms with E-state index in [-0.39, 0.29) is 0 Å². The molecule has 0 aromatic heterocycles. The monoisotopic (exact) mass is 179 g/mol. The summed E-state index contributed by atoms with van der Waals surface area (Å²) in [5.74, 6) is 2.17. The summed E-state index contributed by atoms with van der Waals surface area (Å²) < 4.78 is 0. The molecular formula is C12H21N. The largest absolute Gasteiger partial charge is 0.300 e. The highest BCUT2D eigenvalue weighted by molar-refractivity contribution is 4.88. The summed E-state index contributed by atoms with van der Waals surface area (Å²) in [6.45, 7) is 2.85. The highest BCUT2D eigenvalue weighted by Gasteiger charge is 2.34. The van der Waals surface area contributed by atoms with Gasteiger partial charge in [0.05, 0.1) is 0 Å². The van der Waals surface area contributed by atoms with Crippen molar-refractivity contribution in [3.8, 4) is 0 Å². The summed E-state index contributed by atoms with van der Waals surface area (Å²) in [7, 11) is 0. The van der Waals surface area contributed by atoms with E-state index in [1.54, 1.807) is 12.8 Å². The van der Waals surface area contributed by atoms with E-state index in [0.717, 1.165) is 17.9 Å². The number of rotatable bonds is 0. The Labute approximate surface area is 81.5 Å². The summed E-state index contributed by atoms with van der Waals surface area (Å²) in [5.41, 5.74) is 0. The van der Waals surface area contributed by atoms with E-state index in [4.69, 9.17) is 0 Å². The van der Waals surface area contributed by atoms with Crippen LogP contribution in [0.2, 0.25) is 0 Å². The van der Waals surface area contributed by atoms with Crippen molar-refractivity contribution >= 4 is 0 Å². The molecule has 1 nitrogen and oxygen atoms in total. The molecule has 0 spiro atoms. The maximum Gasteiger partial charge on any atom is 0.00984 e. The molecule has 0 aromatic rings. The lowest BCUT2D eigenvalue weighted by molar-refractivity contribution is 0.107. The summed E-state index contributed by atoms with van der Waals surface area (Å²) in [6, 6.07) is 0.994. The van der Waals surface area contributed by atoms with Crippen LogP contribution in [0.5, 0.6) is 0 Å². The van der Waals surface area contributed by atoms with Crippen LogP contribution in [0.1, 0.15) is 44.9 Å². The summed E-state index contributed by atoms with van der Waals surface area (Å²) in [6.07, 6.45) is 10.7. The minimum Gasteiger partial charge on any atom is -0.300 e. The molecule has 0 aromatic carbocycles. The Hall–Kier alpha value is -0.0400. The number of hydrogen-bond acceptors (Lipinski definition) is 1. The lowest BCUT2D eigenvalue weighted by atomic mass is 9.77. The second kappa shape index (κ2) is 3.27. The molecule has 3 aliphatic heterocycles. The quantitative estimate of drug-likeness (QED) is 0.552. The van der Waals surface area contributed by atoms with Gasteiger partial charge in [-0.1, -0.05) is 12.8 Å². The van der Waals surface area contributed by atoms with Crippen molar-refractivity contribution in [2.75, 3.05) is 13.1 Å². The molecule has 0 radical (unpaired) electrons. The zero-order valence-corrected chi connectivity index (χ0v) is 8.54. The molecule has 3 heterocycles. The highest BCUT2D eigenvalue weighted by atomic mass is 15.2. The Kier molecular flexibility index (Phi) is 2.08. The highest BCUT2D eigenvalue weighted by Crippen LogP contribution is 2.38. The van der Waals surface area contributed by atoms with Gasteiger partial charge in [0, 0.05) is 12.6 Å². The topological polar surface area (TPSA) is 3.24 Å². The first-order valence-electron chi connectivity index (χ1n) is 6.16. The fraction of sp³-hybridized carbons (Fsp3) is 1.00. The van der Waals surface area contributed by atoms with E-state index in [2.05, 4.69) is 4.90 Å². The average Bonchev–Trinajstić information content (AvgIpc) is 2.52. The Morgan fingerprint density at radius 1 is 0.846 bits per heavy atom. The van der Waals surface area contributed by atoms with Gasteiger partial charge < -0.3 is 4.90 Å². The van der Waals surface area contributed by atoms with Crippen molar-refractivity contribution in [3.05, 3.63) is 0 Å². The van der Waals surface area contributed by atoms with E-state index in [0.29, 0.717) is 0 Å². The van der Waals surface area contributed by atoms with E-state index in [1.807, 2.05) is 0 Å². The van der Waals surface area contributed by atoms with E-state index >= 15 is 0 Å². The Bertz CT molecular complexity index is 162. The van der Waals surface area contributed by atoms with Crippen molar-refractivity contribution in [1.29, 1.82) is 0 Å². The van der Waals surface area contributed by atoms with Crippen molar-refractivity contribution in [2.45, 2.75) is 51.0 Å². The summed E-state index contributed by atoms with van der Waals surface area (Å²) >= 11 is 0. The lowest BCUT2D eigenvalue weighted by Gasteiger charge is -2.39. The lowest BCUT2D eigenvalue weighted by Crippen LogP contribution is -2.40. The summed E-state index contributed by atoms with van der Waals surface area (Å²) in [4.78, 5) is 2.80. The van der Waals surface area contributed by atoms with Gasteiger partial charge in [0.1, 0.15) is 0 Å². The van der Waals surface area contributed by atoms with Gasteiger partial charge in [-0.3, -0.25) is 0 Å². The molecule has 1 heteroatoms. The van der Waals surface area contributed by atoms with Crippen LogP contribution < -0.4 is 0 Å². The van der Waals surface area contributed by atoms with Crippen molar-refractivity contribution in [1.82, 2.24) is 4.90 Å². The Morgan fingerprint density at radius 3 is 2.46 bits per heavy atom. The smallest absolute Gasteiger partial charge is 0.00984 e. The zero-order chi connectivity index (χ0) is 8.67. The number of fused-ring (bicyclic) bond motifs is 2. The Balaban J connectivity index is 1.76. The Morgan fingerprint density at radius 2 is 1.62 bits per heavy atom. The first-order valence-corrected chi connectivity index (χ1v) is 6.16. The van der Waals surface area contributed by atoms with Gasteiger partial charge in [-0.05, 0) is 50.5 Å². The van der Waals surface area contributed by atoms with Crippen LogP contribution in [0.25, 0.3) is 0 Å². The van der Waals surface area contributed by atoms with Gasteiger partial charge in [-0.15, -0.1) is 0 Å². The molecule has 0 N–H and O–H groups in total. The third-order valence-corrected chi connectivity index (χ3v) is 4.56. The summed E-state index contributed by atoms with van der Waals surface area (Å²) in [5, 5.41) is 0. The third-order valence-electron chi connectivity index (χ3n) is 4.56. The molecule has 74 valence electrons. The van der Waals surface area contributed by atoms with Crippen LogP contribution in [0.4, 0.5) is 0 Å². The van der Waals surface area contributed by atoms with Crippen LogP contribution >= 0.6 is 0 Å². The SMILES string of the molecule is C1CC2CC3CCC(CC3)CN2C1. The fourth-order valence-electron chi connectivity index (χ4n) is 3.77. The van der Waals surface area contributed by atoms with Gasteiger partial charge >= 0.3 is 0 Å². The van der Waals surface area contributed by atoms with Crippen molar-refractivity contribution in [3.63, 3.8) is 0 Å². The van der Waals surface area contributed by atoms with E-state index in [1.165, 1.54) is 45.2 Å². The molecule has 13 heavy (non-hydrogen) atoms. The second-order valence-corrected chi connectivity index (χ2v) is 5.41. The van der Waals surface area contributed by atoms with Gasteiger partial charge in [0.15, 0.2) is 0 Å². The molecular weight excluding hydrogens is 158 g/mol. The zero-order valence-electron chi connectivity index (χ0n) is 8.54. The van der Waals surface area contributed by atoms with Crippen LogP contribution in [0.15, 0.2) is 0 Å². The van der Waals surface area contributed by atoms with Gasteiger partial charge in [-0.25, -0.2) is 0 Å². The van der Waals surface area contributed by atoms with E-state index in [9.17, 15) is 0 Å². The minimum atomic E-state index is 0.994. The first kappa shape index (κ1) is 8.28. The van der Waals surface area contributed by atoms with Crippen molar-refractivity contribution in [2.24, 2.45) is 11.8 Å². The molecule has 1 aliphatic carbocycles. The van der Waals surface area contributed by atoms with Gasteiger partial charge in [0.2, 0.25) is 0 Å². The molecule has 4 aliphatic rings. The molecule has 1 unspecified atom stereocenters. The standard InChI is InChI=1S/C12H21N/c1-2-12-8-10-3-5-11(6-4-10)9-13(12)7-1/h10-12H,1-9H2. The minimum absolute atomic E-state index is 0.994. The average molecular weight is 179 g/mol. The molecule has 1 atom stereocenters. The molecule has 4 fully saturated rings. The molecule has 4 rings (SSSR count). The predicted octanol–water partition coefficient (Wildman–Crippen LogP) is 2.66. The predicted molar refractivity (Wildman–Crippen MR) is 54.7 cm³/mol. The maximum absolute atomic E-state index is 2.80. The van der Waals surface area contributed by atoms with Gasteiger partial charge in [0.25, 0.3) is 0 Å². The first-order chi connectivity index (χ1) is 6.42. The molecule has 2 bridgehead atoms. The normalized spacial score (nSPS) is 45.7. The molecule has 1 saturated carbocycles. The van der Waals surface area contributed by atoms with Crippen LogP contribution in [-0.4, -0.2) is 24.0 Å².